The molecule has 7 nitrogen and oxygen atoms in total. The van der Waals surface area contributed by atoms with Crippen LogP contribution in [0.3, 0.4) is 0 Å². The van der Waals surface area contributed by atoms with Crippen LogP contribution in [0.4, 0.5) is 5.69 Å². The zero-order chi connectivity index (χ0) is 15.7. The van der Waals surface area contributed by atoms with Gasteiger partial charge < -0.3 is 25.2 Å². The van der Waals surface area contributed by atoms with Crippen LogP contribution >= 0.6 is 0 Å². The number of carbonyl (C=O) groups excluding carboxylic acids is 2. The molecule has 3 aromatic rings. The predicted molar refractivity (Wildman–Crippen MR) is 80.0 cm³/mol. The van der Waals surface area contributed by atoms with Gasteiger partial charge in [0.05, 0.1) is 7.11 Å². The molecule has 4 N–H and O–H groups in total. The van der Waals surface area contributed by atoms with Crippen molar-refractivity contribution in [1.29, 1.82) is 0 Å². The normalized spacial score (nSPS) is 10.6. The standard InChI is InChI=1S/C15H13N3O4/c1-21-8-4-5-11-9(7-8)12(13(22-11)14(16)19)18-15(20)10-3-2-6-17-10/h2-7,17H,1H3,(H2,16,19)(H,18,20). The van der Waals surface area contributed by atoms with Crippen LogP contribution in [0.25, 0.3) is 11.0 Å². The molecule has 2 amide bonds. The molecule has 0 saturated carbocycles. The fraction of sp³-hybridized carbons (Fsp3) is 0.0667. The van der Waals surface area contributed by atoms with Gasteiger partial charge in [0.1, 0.15) is 22.7 Å². The number of rotatable bonds is 4. The minimum atomic E-state index is -0.767. The summed E-state index contributed by atoms with van der Waals surface area (Å²) in [6.45, 7) is 0. The molecule has 0 aliphatic carbocycles. The second-order valence-electron chi connectivity index (χ2n) is 4.57. The molecule has 0 spiro atoms. The number of H-pyrrole nitrogens is 1. The van der Waals surface area contributed by atoms with Gasteiger partial charge in [-0.1, -0.05) is 0 Å². The lowest BCUT2D eigenvalue weighted by molar-refractivity contribution is 0.0977. The van der Waals surface area contributed by atoms with Crippen molar-refractivity contribution in [3.05, 3.63) is 48.0 Å². The third-order valence-corrected chi connectivity index (χ3v) is 3.20. The SMILES string of the molecule is COc1ccc2oc(C(N)=O)c(NC(=O)c3ccc[nH]3)c2c1. The number of hydrogen-bond acceptors (Lipinski definition) is 4. The number of anilines is 1. The number of carbonyl (C=O) groups is 2. The molecule has 22 heavy (non-hydrogen) atoms. The van der Waals surface area contributed by atoms with E-state index in [1.165, 1.54) is 7.11 Å². The first-order valence-electron chi connectivity index (χ1n) is 6.45. The van der Waals surface area contributed by atoms with Crippen LogP contribution in [-0.4, -0.2) is 23.9 Å². The average molecular weight is 299 g/mol. The number of furan rings is 1. The van der Waals surface area contributed by atoms with Crippen LogP contribution in [-0.2, 0) is 0 Å². The molecule has 7 heteroatoms. The Morgan fingerprint density at radius 3 is 2.77 bits per heavy atom. The maximum Gasteiger partial charge on any atom is 0.286 e. The molecule has 112 valence electrons. The summed E-state index contributed by atoms with van der Waals surface area (Å²) in [5.74, 6) is -0.710. The molecule has 2 heterocycles. The predicted octanol–water partition coefficient (Wildman–Crippen LogP) is 2.12. The van der Waals surface area contributed by atoms with Gasteiger partial charge in [0.15, 0.2) is 0 Å². The summed E-state index contributed by atoms with van der Waals surface area (Å²) in [5, 5.41) is 3.18. The van der Waals surface area contributed by atoms with E-state index in [1.807, 2.05) is 0 Å². The van der Waals surface area contributed by atoms with E-state index in [1.54, 1.807) is 36.5 Å². The zero-order valence-electron chi connectivity index (χ0n) is 11.7. The van der Waals surface area contributed by atoms with Gasteiger partial charge in [-0.3, -0.25) is 9.59 Å². The summed E-state index contributed by atoms with van der Waals surface area (Å²) in [5.41, 5.74) is 6.33. The summed E-state index contributed by atoms with van der Waals surface area (Å²) < 4.78 is 10.6. The van der Waals surface area contributed by atoms with Crippen molar-refractivity contribution in [2.24, 2.45) is 5.73 Å². The highest BCUT2D eigenvalue weighted by molar-refractivity contribution is 6.13. The van der Waals surface area contributed by atoms with E-state index in [-0.39, 0.29) is 11.4 Å². The zero-order valence-corrected chi connectivity index (χ0v) is 11.7. The first-order chi connectivity index (χ1) is 10.6. The van der Waals surface area contributed by atoms with Gasteiger partial charge in [0, 0.05) is 11.6 Å². The van der Waals surface area contributed by atoms with Crippen molar-refractivity contribution < 1.29 is 18.7 Å². The van der Waals surface area contributed by atoms with E-state index in [0.717, 1.165) is 0 Å². The molecule has 0 saturated heterocycles. The smallest absolute Gasteiger partial charge is 0.286 e. The molecule has 0 aliphatic rings. The first-order valence-corrected chi connectivity index (χ1v) is 6.45. The average Bonchev–Trinajstić information content (AvgIpc) is 3.14. The number of methoxy groups -OCH3 is 1. The molecular formula is C15H13N3O4. The maximum atomic E-state index is 12.2. The summed E-state index contributed by atoms with van der Waals surface area (Å²) in [7, 11) is 1.52. The number of aromatic nitrogens is 1. The highest BCUT2D eigenvalue weighted by Gasteiger charge is 2.21. The molecule has 1 aromatic carbocycles. The van der Waals surface area contributed by atoms with Crippen molar-refractivity contribution in [1.82, 2.24) is 4.98 Å². The Labute approximate surface area is 125 Å². The van der Waals surface area contributed by atoms with Crippen molar-refractivity contribution in [3.8, 4) is 5.75 Å². The Balaban J connectivity index is 2.10. The number of ether oxygens (including phenoxy) is 1. The lowest BCUT2D eigenvalue weighted by Gasteiger charge is -2.04. The molecule has 2 aromatic heterocycles. The Kier molecular flexibility index (Phi) is 3.30. The van der Waals surface area contributed by atoms with Crippen LogP contribution in [0.1, 0.15) is 21.0 Å². The number of hydrogen-bond donors (Lipinski definition) is 3. The molecule has 0 fully saturated rings. The van der Waals surface area contributed by atoms with Crippen molar-refractivity contribution in [2.75, 3.05) is 12.4 Å². The Morgan fingerprint density at radius 2 is 2.14 bits per heavy atom. The van der Waals surface area contributed by atoms with E-state index < -0.39 is 11.8 Å². The highest BCUT2D eigenvalue weighted by atomic mass is 16.5. The van der Waals surface area contributed by atoms with Crippen molar-refractivity contribution in [2.45, 2.75) is 0 Å². The number of aromatic amines is 1. The minimum absolute atomic E-state index is 0.108. The number of amides is 2. The van der Waals surface area contributed by atoms with Crippen molar-refractivity contribution in [3.63, 3.8) is 0 Å². The monoisotopic (exact) mass is 299 g/mol. The van der Waals surface area contributed by atoms with E-state index in [2.05, 4.69) is 10.3 Å². The fourth-order valence-electron chi connectivity index (χ4n) is 2.15. The maximum absolute atomic E-state index is 12.2. The summed E-state index contributed by atoms with van der Waals surface area (Å²) in [4.78, 5) is 26.5. The second-order valence-corrected chi connectivity index (χ2v) is 4.57. The van der Waals surface area contributed by atoms with Crippen LogP contribution in [0.2, 0.25) is 0 Å². The second kappa shape index (κ2) is 5.28. The Morgan fingerprint density at radius 1 is 1.32 bits per heavy atom. The van der Waals surface area contributed by atoms with Gasteiger partial charge in [-0.25, -0.2) is 0 Å². The minimum Gasteiger partial charge on any atom is -0.497 e. The van der Waals surface area contributed by atoms with Gasteiger partial charge in [0.25, 0.3) is 11.8 Å². The quantitative estimate of drug-likeness (QED) is 0.685. The lowest BCUT2D eigenvalue weighted by atomic mass is 10.2. The number of fused-ring (bicyclic) bond motifs is 1. The lowest BCUT2D eigenvalue weighted by Crippen LogP contribution is -2.17. The Hall–Kier alpha value is -3.22. The molecule has 0 aliphatic heterocycles. The van der Waals surface area contributed by atoms with E-state index in [9.17, 15) is 9.59 Å². The fourth-order valence-corrected chi connectivity index (χ4v) is 2.15. The van der Waals surface area contributed by atoms with Gasteiger partial charge in [-0.2, -0.15) is 0 Å². The number of primary amides is 1. The number of nitrogens with one attached hydrogen (secondary N) is 2. The summed E-state index contributed by atoms with van der Waals surface area (Å²) >= 11 is 0. The molecule has 0 unspecified atom stereocenters. The summed E-state index contributed by atoms with van der Waals surface area (Å²) in [6, 6.07) is 8.30. The Bertz CT molecular complexity index is 849. The van der Waals surface area contributed by atoms with E-state index in [0.29, 0.717) is 22.4 Å². The van der Waals surface area contributed by atoms with Gasteiger partial charge in [0.2, 0.25) is 5.76 Å². The van der Waals surface area contributed by atoms with Gasteiger partial charge in [-0.15, -0.1) is 0 Å². The largest absolute Gasteiger partial charge is 0.497 e. The molecule has 0 atom stereocenters. The first kappa shape index (κ1) is 13.7. The highest BCUT2D eigenvalue weighted by Crippen LogP contribution is 2.33. The molecular weight excluding hydrogens is 286 g/mol. The van der Waals surface area contributed by atoms with Crippen LogP contribution < -0.4 is 15.8 Å². The topological polar surface area (TPSA) is 110 Å². The third-order valence-electron chi connectivity index (χ3n) is 3.20. The summed E-state index contributed by atoms with van der Waals surface area (Å²) in [6.07, 6.45) is 1.63. The van der Waals surface area contributed by atoms with Gasteiger partial charge in [-0.05, 0) is 30.3 Å². The van der Waals surface area contributed by atoms with Crippen molar-refractivity contribution >= 4 is 28.5 Å². The van der Waals surface area contributed by atoms with E-state index in [4.69, 9.17) is 14.9 Å². The van der Waals surface area contributed by atoms with E-state index >= 15 is 0 Å². The number of benzene rings is 1. The number of nitrogens with two attached hydrogens (primary N) is 1. The molecule has 0 radical (unpaired) electrons. The molecule has 0 bridgehead atoms. The van der Waals surface area contributed by atoms with Gasteiger partial charge >= 0.3 is 0 Å². The van der Waals surface area contributed by atoms with Crippen LogP contribution in [0.15, 0.2) is 40.9 Å². The van der Waals surface area contributed by atoms with Crippen LogP contribution in [0, 0.1) is 0 Å². The van der Waals surface area contributed by atoms with Crippen LogP contribution in [0.5, 0.6) is 5.75 Å². The third kappa shape index (κ3) is 2.28. The molecule has 3 rings (SSSR count).